The smallest absolute Gasteiger partial charge is 0.251 e. The van der Waals surface area contributed by atoms with Crippen molar-refractivity contribution in [3.63, 3.8) is 0 Å². The van der Waals surface area contributed by atoms with E-state index in [1.54, 1.807) is 0 Å². The minimum absolute atomic E-state index is 0.00137. The first-order valence-electron chi connectivity index (χ1n) is 12.0. The van der Waals surface area contributed by atoms with Gasteiger partial charge in [0.25, 0.3) is 5.91 Å². The maximum atomic E-state index is 12.8. The second-order valence-corrected chi connectivity index (χ2v) is 9.06. The molecule has 0 radical (unpaired) electrons. The second kappa shape index (κ2) is 10.1. The lowest BCUT2D eigenvalue weighted by Gasteiger charge is -2.32. The van der Waals surface area contributed by atoms with Crippen molar-refractivity contribution in [3.8, 4) is 11.3 Å². The van der Waals surface area contributed by atoms with Crippen LogP contribution in [0.15, 0.2) is 66.7 Å². The number of carbonyl (C=O) groups is 1. The van der Waals surface area contributed by atoms with Crippen molar-refractivity contribution >= 4 is 11.7 Å². The number of nitrogens with zero attached hydrogens (tertiary/aromatic N) is 4. The molecule has 5 rings (SSSR count). The molecular formula is C27H31N5O. The van der Waals surface area contributed by atoms with E-state index in [0.29, 0.717) is 5.56 Å². The standard InChI is InChI=1S/C27H31N5O/c33-27(28-24-14-18-31(19-15-24)20-21-6-2-1-3-7-21)23-10-8-22(9-11-23)25-12-13-26(30-29-25)32-16-4-5-17-32/h1-3,6-13,24H,4-5,14-20H2,(H,28,33). The van der Waals surface area contributed by atoms with E-state index >= 15 is 0 Å². The number of aromatic nitrogens is 2. The number of piperidine rings is 1. The molecule has 0 aliphatic carbocycles. The Bertz CT molecular complexity index is 1040. The molecule has 2 aromatic carbocycles. The second-order valence-electron chi connectivity index (χ2n) is 9.06. The van der Waals surface area contributed by atoms with Crippen LogP contribution in [0.1, 0.15) is 41.6 Å². The van der Waals surface area contributed by atoms with Crippen LogP contribution in [0.3, 0.4) is 0 Å². The molecule has 3 heterocycles. The Morgan fingerprint density at radius 2 is 1.58 bits per heavy atom. The third kappa shape index (κ3) is 5.40. The third-order valence-electron chi connectivity index (χ3n) is 6.70. The monoisotopic (exact) mass is 441 g/mol. The summed E-state index contributed by atoms with van der Waals surface area (Å²) < 4.78 is 0. The maximum absolute atomic E-state index is 12.8. The molecule has 1 N–H and O–H groups in total. The topological polar surface area (TPSA) is 61.4 Å². The van der Waals surface area contributed by atoms with Crippen molar-refractivity contribution in [2.45, 2.75) is 38.3 Å². The van der Waals surface area contributed by atoms with Crippen molar-refractivity contribution < 1.29 is 4.79 Å². The summed E-state index contributed by atoms with van der Waals surface area (Å²) in [4.78, 5) is 17.5. The Kier molecular flexibility index (Phi) is 6.63. The average Bonchev–Trinajstić information content (AvgIpc) is 3.41. The Morgan fingerprint density at radius 1 is 0.848 bits per heavy atom. The molecule has 3 aromatic rings. The first-order chi connectivity index (χ1) is 16.2. The molecule has 6 nitrogen and oxygen atoms in total. The van der Waals surface area contributed by atoms with Gasteiger partial charge in [0.1, 0.15) is 0 Å². The van der Waals surface area contributed by atoms with Crippen LogP contribution in [0, 0.1) is 0 Å². The van der Waals surface area contributed by atoms with Gasteiger partial charge in [0, 0.05) is 49.9 Å². The Balaban J connectivity index is 1.13. The van der Waals surface area contributed by atoms with Crippen molar-refractivity contribution in [1.82, 2.24) is 20.4 Å². The largest absolute Gasteiger partial charge is 0.355 e. The molecule has 0 unspecified atom stereocenters. The van der Waals surface area contributed by atoms with Gasteiger partial charge in [0.05, 0.1) is 5.69 Å². The van der Waals surface area contributed by atoms with Crippen LogP contribution in [0.2, 0.25) is 0 Å². The summed E-state index contributed by atoms with van der Waals surface area (Å²) in [6.45, 7) is 5.11. The fourth-order valence-electron chi connectivity index (χ4n) is 4.73. The van der Waals surface area contributed by atoms with Gasteiger partial charge in [-0.15, -0.1) is 10.2 Å². The number of anilines is 1. The number of carbonyl (C=O) groups excluding carboxylic acids is 1. The van der Waals surface area contributed by atoms with Gasteiger partial charge in [-0.2, -0.15) is 0 Å². The van der Waals surface area contributed by atoms with Crippen LogP contribution in [0.25, 0.3) is 11.3 Å². The van der Waals surface area contributed by atoms with Crippen molar-refractivity contribution in [1.29, 1.82) is 0 Å². The summed E-state index contributed by atoms with van der Waals surface area (Å²) >= 11 is 0. The molecule has 0 saturated carbocycles. The molecule has 0 atom stereocenters. The molecule has 0 bridgehead atoms. The van der Waals surface area contributed by atoms with Gasteiger partial charge in [0.15, 0.2) is 5.82 Å². The maximum Gasteiger partial charge on any atom is 0.251 e. The molecule has 33 heavy (non-hydrogen) atoms. The first-order valence-corrected chi connectivity index (χ1v) is 12.0. The molecule has 170 valence electrons. The average molecular weight is 442 g/mol. The van der Waals surface area contributed by atoms with Crippen molar-refractivity contribution in [2.75, 3.05) is 31.1 Å². The van der Waals surface area contributed by atoms with Crippen LogP contribution in [-0.4, -0.2) is 53.2 Å². The zero-order valence-corrected chi connectivity index (χ0v) is 19.0. The molecule has 2 saturated heterocycles. The van der Waals surface area contributed by atoms with Crippen LogP contribution >= 0.6 is 0 Å². The molecule has 2 aliphatic rings. The lowest BCUT2D eigenvalue weighted by molar-refractivity contribution is 0.0909. The summed E-state index contributed by atoms with van der Waals surface area (Å²) in [5, 5.41) is 12.0. The van der Waals surface area contributed by atoms with Crippen LogP contribution < -0.4 is 10.2 Å². The van der Waals surface area contributed by atoms with Crippen LogP contribution in [0.5, 0.6) is 0 Å². The zero-order valence-electron chi connectivity index (χ0n) is 19.0. The summed E-state index contributed by atoms with van der Waals surface area (Å²) in [7, 11) is 0. The fraction of sp³-hybridized carbons (Fsp3) is 0.370. The number of likely N-dealkylation sites (tertiary alicyclic amines) is 1. The Hall–Kier alpha value is -3.25. The highest BCUT2D eigenvalue weighted by Crippen LogP contribution is 2.22. The van der Waals surface area contributed by atoms with Gasteiger partial charge in [0.2, 0.25) is 0 Å². The molecule has 0 spiro atoms. The van der Waals surface area contributed by atoms with E-state index in [-0.39, 0.29) is 11.9 Å². The molecule has 1 aromatic heterocycles. The first kappa shape index (κ1) is 21.6. The molecule has 2 aliphatic heterocycles. The number of rotatable bonds is 6. The number of benzene rings is 2. The van der Waals surface area contributed by atoms with Gasteiger partial charge in [-0.3, -0.25) is 9.69 Å². The highest BCUT2D eigenvalue weighted by Gasteiger charge is 2.21. The predicted molar refractivity (Wildman–Crippen MR) is 131 cm³/mol. The quantitative estimate of drug-likeness (QED) is 0.623. The number of hydrogen-bond donors (Lipinski definition) is 1. The minimum atomic E-state index is -0.00137. The number of amides is 1. The predicted octanol–water partition coefficient (Wildman–Crippen LogP) is 4.14. The Labute approximate surface area is 195 Å². The van der Waals surface area contributed by atoms with E-state index in [1.807, 2.05) is 36.4 Å². The lowest BCUT2D eigenvalue weighted by atomic mass is 10.0. The molecule has 1 amide bonds. The molecule has 2 fully saturated rings. The van der Waals surface area contributed by atoms with E-state index in [2.05, 4.69) is 55.6 Å². The summed E-state index contributed by atoms with van der Waals surface area (Å²) in [6, 6.07) is 22.5. The van der Waals surface area contributed by atoms with Crippen molar-refractivity contribution in [3.05, 3.63) is 77.9 Å². The third-order valence-corrected chi connectivity index (χ3v) is 6.70. The van der Waals surface area contributed by atoms with E-state index in [1.165, 1.54) is 18.4 Å². The number of hydrogen-bond acceptors (Lipinski definition) is 5. The molecule has 6 heteroatoms. The SMILES string of the molecule is O=C(NC1CCN(Cc2ccccc2)CC1)c1ccc(-c2ccc(N3CCCC3)nn2)cc1. The Morgan fingerprint density at radius 3 is 2.24 bits per heavy atom. The van der Waals surface area contributed by atoms with Crippen LogP contribution in [-0.2, 0) is 6.54 Å². The van der Waals surface area contributed by atoms with Gasteiger partial charge in [-0.05, 0) is 55.5 Å². The summed E-state index contributed by atoms with van der Waals surface area (Å²) in [5.41, 5.74) is 3.83. The van der Waals surface area contributed by atoms with Crippen LogP contribution in [0.4, 0.5) is 5.82 Å². The van der Waals surface area contributed by atoms with Gasteiger partial charge in [-0.1, -0.05) is 42.5 Å². The van der Waals surface area contributed by atoms with Crippen molar-refractivity contribution in [2.24, 2.45) is 0 Å². The van der Waals surface area contributed by atoms with Gasteiger partial charge < -0.3 is 10.2 Å². The summed E-state index contributed by atoms with van der Waals surface area (Å²) in [6.07, 6.45) is 4.41. The highest BCUT2D eigenvalue weighted by molar-refractivity contribution is 5.94. The van der Waals surface area contributed by atoms with E-state index < -0.39 is 0 Å². The van der Waals surface area contributed by atoms with E-state index in [4.69, 9.17) is 0 Å². The normalized spacial score (nSPS) is 17.3. The number of nitrogens with one attached hydrogen (secondary N) is 1. The van der Waals surface area contributed by atoms with E-state index in [9.17, 15) is 4.79 Å². The summed E-state index contributed by atoms with van der Waals surface area (Å²) in [5.74, 6) is 0.945. The van der Waals surface area contributed by atoms with E-state index in [0.717, 1.165) is 62.6 Å². The minimum Gasteiger partial charge on any atom is -0.355 e. The van der Waals surface area contributed by atoms with Gasteiger partial charge in [-0.25, -0.2) is 0 Å². The zero-order chi connectivity index (χ0) is 22.5. The highest BCUT2D eigenvalue weighted by atomic mass is 16.1. The fourth-order valence-corrected chi connectivity index (χ4v) is 4.73. The van der Waals surface area contributed by atoms with Gasteiger partial charge >= 0.3 is 0 Å². The lowest BCUT2D eigenvalue weighted by Crippen LogP contribution is -2.44. The molecular weight excluding hydrogens is 410 g/mol.